The summed E-state index contributed by atoms with van der Waals surface area (Å²) in [6.45, 7) is 4.60. The van der Waals surface area contributed by atoms with E-state index in [0.29, 0.717) is 29.2 Å². The molecular weight excluding hydrogens is 346 g/mol. The van der Waals surface area contributed by atoms with Crippen LogP contribution in [-0.4, -0.2) is 22.1 Å². The van der Waals surface area contributed by atoms with Crippen molar-refractivity contribution in [1.82, 2.24) is 9.55 Å². The zero-order valence-electron chi connectivity index (χ0n) is 15.3. The second-order valence-corrected chi connectivity index (χ2v) is 6.79. The Morgan fingerprint density at radius 1 is 1.15 bits per heavy atom. The van der Waals surface area contributed by atoms with E-state index in [9.17, 15) is 14.4 Å². The Morgan fingerprint density at radius 2 is 1.89 bits per heavy atom. The first-order chi connectivity index (χ1) is 13.0. The Kier molecular flexibility index (Phi) is 4.22. The average molecular weight is 367 g/mol. The zero-order chi connectivity index (χ0) is 19.1. The van der Waals surface area contributed by atoms with Crippen LogP contribution in [0.1, 0.15) is 42.9 Å². The van der Waals surface area contributed by atoms with E-state index < -0.39 is 23.1 Å². The smallest absolute Gasteiger partial charge is 0.337 e. The predicted molar refractivity (Wildman–Crippen MR) is 101 cm³/mol. The van der Waals surface area contributed by atoms with Gasteiger partial charge < -0.3 is 10.1 Å². The van der Waals surface area contributed by atoms with Gasteiger partial charge in [0.1, 0.15) is 12.4 Å². The quantitative estimate of drug-likeness (QED) is 0.805. The molecule has 27 heavy (non-hydrogen) atoms. The summed E-state index contributed by atoms with van der Waals surface area (Å²) in [6.07, 6.45) is 1.63. The van der Waals surface area contributed by atoms with Crippen molar-refractivity contribution in [3.63, 3.8) is 0 Å². The molecule has 2 N–H and O–H groups in total. The van der Waals surface area contributed by atoms with E-state index in [1.54, 1.807) is 0 Å². The lowest BCUT2D eigenvalue weighted by Gasteiger charge is -2.28. The summed E-state index contributed by atoms with van der Waals surface area (Å²) in [5.74, 6) is -0.544. The van der Waals surface area contributed by atoms with Crippen LogP contribution < -0.4 is 16.6 Å². The highest BCUT2D eigenvalue weighted by Gasteiger charge is 2.41. The number of fused-ring (bicyclic) bond motifs is 1. The maximum absolute atomic E-state index is 12.8. The second kappa shape index (κ2) is 6.57. The molecule has 0 fully saturated rings. The topological polar surface area (TPSA) is 93.2 Å². The average Bonchev–Trinajstić information content (AvgIpc) is 3.04. The van der Waals surface area contributed by atoms with Gasteiger partial charge in [-0.25, -0.2) is 9.59 Å². The molecule has 1 atom stereocenters. The summed E-state index contributed by atoms with van der Waals surface area (Å²) >= 11 is 0. The van der Waals surface area contributed by atoms with Crippen LogP contribution in [0.15, 0.2) is 45.1 Å². The van der Waals surface area contributed by atoms with Crippen molar-refractivity contribution in [1.29, 1.82) is 0 Å². The minimum atomic E-state index is -0.565. The van der Waals surface area contributed by atoms with Crippen LogP contribution in [0.5, 0.6) is 0 Å². The maximum atomic E-state index is 12.8. The van der Waals surface area contributed by atoms with Gasteiger partial charge in [0.15, 0.2) is 0 Å². The number of benzene rings is 1. The molecule has 4 rings (SSSR count). The van der Waals surface area contributed by atoms with Crippen LogP contribution in [0.3, 0.4) is 0 Å². The van der Waals surface area contributed by atoms with Gasteiger partial charge in [-0.15, -0.1) is 0 Å². The number of hydrogen-bond donors (Lipinski definition) is 2. The molecule has 7 heteroatoms. The molecule has 140 valence electrons. The van der Waals surface area contributed by atoms with Crippen molar-refractivity contribution in [2.45, 2.75) is 39.2 Å². The molecule has 0 amide bonds. The lowest BCUT2D eigenvalue weighted by Crippen LogP contribution is -2.38. The number of cyclic esters (lactones) is 1. The van der Waals surface area contributed by atoms with Gasteiger partial charge in [0.25, 0.3) is 5.56 Å². The van der Waals surface area contributed by atoms with E-state index in [1.165, 1.54) is 10.1 Å². The Morgan fingerprint density at radius 3 is 2.56 bits per heavy atom. The van der Waals surface area contributed by atoms with Crippen LogP contribution in [0.2, 0.25) is 0 Å². The van der Waals surface area contributed by atoms with Gasteiger partial charge >= 0.3 is 11.7 Å². The second-order valence-electron chi connectivity index (χ2n) is 6.79. The number of carbonyl (C=O) groups is 1. The fraction of sp³-hybridized carbons (Fsp3) is 0.350. The van der Waals surface area contributed by atoms with Crippen molar-refractivity contribution >= 4 is 11.8 Å². The van der Waals surface area contributed by atoms with E-state index in [0.717, 1.165) is 18.4 Å². The number of carbonyl (C=O) groups excluding carboxylic acids is 1. The van der Waals surface area contributed by atoms with Crippen molar-refractivity contribution in [2.24, 2.45) is 0 Å². The van der Waals surface area contributed by atoms with Crippen LogP contribution >= 0.6 is 0 Å². The lowest BCUT2D eigenvalue weighted by molar-refractivity contribution is -0.136. The molecule has 1 aromatic heterocycles. The maximum Gasteiger partial charge on any atom is 0.337 e. The number of aromatic nitrogens is 2. The first-order valence-corrected chi connectivity index (χ1v) is 9.18. The fourth-order valence-electron chi connectivity index (χ4n) is 3.80. The number of hydrogen-bond acceptors (Lipinski definition) is 5. The normalized spacial score (nSPS) is 18.0. The van der Waals surface area contributed by atoms with E-state index in [-0.39, 0.29) is 6.61 Å². The molecule has 0 saturated heterocycles. The molecule has 1 unspecified atom stereocenters. The van der Waals surface area contributed by atoms with Crippen molar-refractivity contribution in [3.8, 4) is 0 Å². The Labute approximate surface area is 155 Å². The first kappa shape index (κ1) is 17.3. The SMILES string of the molecule is CCCn1c2c(c(=O)[nH]c1=O)C(c1ccc(CC)cc1)C1=C(COC1=O)N2. The number of H-pyrrole nitrogens is 1. The lowest BCUT2D eigenvalue weighted by atomic mass is 9.82. The third kappa shape index (κ3) is 2.70. The number of anilines is 1. The van der Waals surface area contributed by atoms with E-state index in [1.807, 2.05) is 31.2 Å². The highest BCUT2D eigenvalue weighted by atomic mass is 16.5. The Balaban J connectivity index is 1.99. The van der Waals surface area contributed by atoms with Gasteiger partial charge in [0, 0.05) is 6.54 Å². The molecule has 2 aliphatic heterocycles. The molecule has 2 aromatic rings. The van der Waals surface area contributed by atoms with Crippen molar-refractivity contribution < 1.29 is 9.53 Å². The Hall–Kier alpha value is -3.09. The molecule has 0 saturated carbocycles. The first-order valence-electron chi connectivity index (χ1n) is 9.18. The fourth-order valence-corrected chi connectivity index (χ4v) is 3.80. The van der Waals surface area contributed by atoms with Gasteiger partial charge in [-0.3, -0.25) is 14.3 Å². The van der Waals surface area contributed by atoms with Crippen molar-refractivity contribution in [2.75, 3.05) is 11.9 Å². The standard InChI is InChI=1S/C20H21N3O4/c1-3-9-23-17-16(18(24)22-20(23)26)14(12-7-5-11(4-2)6-8-12)15-13(21-17)10-27-19(15)25/h5-8,14,21H,3-4,9-10H2,1-2H3,(H,22,24,26). The Bertz CT molecular complexity index is 1060. The number of aryl methyl sites for hydroxylation is 1. The van der Waals surface area contributed by atoms with E-state index in [4.69, 9.17) is 4.74 Å². The van der Waals surface area contributed by atoms with Gasteiger partial charge in [-0.2, -0.15) is 0 Å². The van der Waals surface area contributed by atoms with E-state index in [2.05, 4.69) is 17.2 Å². The monoisotopic (exact) mass is 367 g/mol. The summed E-state index contributed by atoms with van der Waals surface area (Å²) < 4.78 is 6.75. The number of rotatable bonds is 4. The minimum absolute atomic E-state index is 0.115. The minimum Gasteiger partial charge on any atom is -0.456 e. The number of ether oxygens (including phenoxy) is 1. The van der Waals surface area contributed by atoms with Crippen LogP contribution in [0.4, 0.5) is 5.82 Å². The van der Waals surface area contributed by atoms with Crippen LogP contribution in [0.25, 0.3) is 0 Å². The summed E-state index contributed by atoms with van der Waals surface area (Å²) in [7, 11) is 0. The number of nitrogens with zero attached hydrogens (tertiary/aromatic N) is 1. The van der Waals surface area contributed by atoms with Gasteiger partial charge in [-0.1, -0.05) is 38.1 Å². The number of aromatic amines is 1. The molecule has 0 bridgehead atoms. The van der Waals surface area contributed by atoms with Crippen LogP contribution in [0, 0.1) is 0 Å². The van der Waals surface area contributed by atoms with Gasteiger partial charge in [0.05, 0.1) is 22.8 Å². The molecule has 0 aliphatic carbocycles. The summed E-state index contributed by atoms with van der Waals surface area (Å²) in [4.78, 5) is 39.9. The largest absolute Gasteiger partial charge is 0.456 e. The third-order valence-corrected chi connectivity index (χ3v) is 5.14. The molecule has 0 spiro atoms. The molecule has 3 heterocycles. The number of nitrogens with one attached hydrogen (secondary N) is 2. The summed E-state index contributed by atoms with van der Waals surface area (Å²) in [6, 6.07) is 7.86. The molecule has 1 aromatic carbocycles. The van der Waals surface area contributed by atoms with Gasteiger partial charge in [0.2, 0.25) is 0 Å². The predicted octanol–water partition coefficient (Wildman–Crippen LogP) is 1.88. The number of esters is 1. The summed E-state index contributed by atoms with van der Waals surface area (Å²) in [5.41, 5.74) is 2.50. The molecule has 0 radical (unpaired) electrons. The summed E-state index contributed by atoms with van der Waals surface area (Å²) in [5, 5.41) is 3.12. The van der Waals surface area contributed by atoms with Crippen molar-refractivity contribution in [3.05, 3.63) is 73.1 Å². The highest BCUT2D eigenvalue weighted by molar-refractivity contribution is 5.96. The molecule has 2 aliphatic rings. The van der Waals surface area contributed by atoms with Crippen LogP contribution in [-0.2, 0) is 22.5 Å². The highest BCUT2D eigenvalue weighted by Crippen LogP contribution is 2.42. The molecular formula is C20H21N3O4. The van der Waals surface area contributed by atoms with E-state index >= 15 is 0 Å². The third-order valence-electron chi connectivity index (χ3n) is 5.14. The zero-order valence-corrected chi connectivity index (χ0v) is 15.3. The molecule has 7 nitrogen and oxygen atoms in total. The van der Waals surface area contributed by atoms with Gasteiger partial charge in [-0.05, 0) is 24.0 Å².